The van der Waals surface area contributed by atoms with Crippen molar-refractivity contribution in [2.24, 2.45) is 11.0 Å². The highest BCUT2D eigenvalue weighted by Crippen LogP contribution is 2.26. The van der Waals surface area contributed by atoms with E-state index in [0.717, 1.165) is 35.3 Å². The quantitative estimate of drug-likeness (QED) is 0.633. The summed E-state index contributed by atoms with van der Waals surface area (Å²) in [5.74, 6) is 0.703. The van der Waals surface area contributed by atoms with Gasteiger partial charge in [0.25, 0.3) is 5.91 Å². The Morgan fingerprint density at radius 2 is 2.21 bits per heavy atom. The van der Waals surface area contributed by atoms with Crippen molar-refractivity contribution in [2.45, 2.75) is 33.6 Å². The summed E-state index contributed by atoms with van der Waals surface area (Å²) in [5, 5.41) is 4.92. The molecule has 0 saturated carbocycles. The van der Waals surface area contributed by atoms with E-state index in [1.54, 1.807) is 18.2 Å². The van der Waals surface area contributed by atoms with E-state index in [4.69, 9.17) is 16.3 Å². The monoisotopic (exact) mass is 346 g/mol. The van der Waals surface area contributed by atoms with Crippen molar-refractivity contribution >= 4 is 23.2 Å². The van der Waals surface area contributed by atoms with Gasteiger partial charge in [0.1, 0.15) is 5.75 Å². The molecule has 1 unspecified atom stereocenters. The first-order valence-electron chi connectivity index (χ1n) is 7.93. The molecule has 1 aromatic carbocycles. The Kier molecular flexibility index (Phi) is 6.21. The third-order valence-electron chi connectivity index (χ3n) is 4.12. The largest absolute Gasteiger partial charge is 0.484 e. The number of allylic oxidation sites excluding steroid dienone is 3. The van der Waals surface area contributed by atoms with Crippen molar-refractivity contribution in [3.63, 3.8) is 0 Å². The van der Waals surface area contributed by atoms with E-state index in [0.29, 0.717) is 16.7 Å². The summed E-state index contributed by atoms with van der Waals surface area (Å²) in [7, 11) is 0. The van der Waals surface area contributed by atoms with Crippen LogP contribution >= 0.6 is 11.6 Å². The Hall–Kier alpha value is -2.07. The second-order valence-electron chi connectivity index (χ2n) is 6.16. The van der Waals surface area contributed by atoms with Crippen LogP contribution in [0.5, 0.6) is 5.75 Å². The molecule has 0 fully saturated rings. The van der Waals surface area contributed by atoms with Crippen molar-refractivity contribution in [3.8, 4) is 5.75 Å². The first-order valence-corrected chi connectivity index (χ1v) is 8.31. The number of carbonyl (C=O) groups is 1. The Bertz CT molecular complexity index is 707. The molecule has 1 atom stereocenters. The highest BCUT2D eigenvalue weighted by atomic mass is 35.5. The highest BCUT2D eigenvalue weighted by Gasteiger charge is 2.18. The van der Waals surface area contributed by atoms with Gasteiger partial charge in [0, 0.05) is 5.02 Å². The van der Waals surface area contributed by atoms with E-state index < -0.39 is 0 Å². The number of nitrogens with zero attached hydrogens (tertiary/aromatic N) is 1. The van der Waals surface area contributed by atoms with Crippen LogP contribution in [0, 0.1) is 12.8 Å². The topological polar surface area (TPSA) is 50.7 Å². The standard InChI is InChI=1S/C19H23ClN2O2/c1-12(2)15-6-5-13(3)18(10-15)21-22-19(23)11-24-16-7-8-17(20)14(4)9-16/h5,7-9,15H,1,6,10-11H2,2-4H3,(H,22,23)/b21-18-. The normalized spacial score (nSPS) is 18.9. The van der Waals surface area contributed by atoms with Gasteiger partial charge in [-0.3, -0.25) is 4.79 Å². The lowest BCUT2D eigenvalue weighted by Gasteiger charge is -2.22. The molecule has 0 aliphatic heterocycles. The van der Waals surface area contributed by atoms with Crippen LogP contribution in [0.3, 0.4) is 0 Å². The Morgan fingerprint density at radius 3 is 2.88 bits per heavy atom. The molecule has 0 bridgehead atoms. The van der Waals surface area contributed by atoms with Crippen molar-refractivity contribution in [1.82, 2.24) is 5.43 Å². The van der Waals surface area contributed by atoms with Gasteiger partial charge in [-0.15, -0.1) is 0 Å². The smallest absolute Gasteiger partial charge is 0.277 e. The number of hydrogen-bond acceptors (Lipinski definition) is 3. The van der Waals surface area contributed by atoms with Gasteiger partial charge < -0.3 is 4.74 Å². The van der Waals surface area contributed by atoms with Crippen LogP contribution in [-0.2, 0) is 4.79 Å². The van der Waals surface area contributed by atoms with E-state index in [-0.39, 0.29) is 12.5 Å². The number of benzene rings is 1. The van der Waals surface area contributed by atoms with E-state index in [1.807, 2.05) is 20.8 Å². The summed E-state index contributed by atoms with van der Waals surface area (Å²) in [6.45, 7) is 9.83. The molecule has 4 nitrogen and oxygen atoms in total. The molecule has 0 radical (unpaired) electrons. The van der Waals surface area contributed by atoms with Crippen LogP contribution in [0.25, 0.3) is 0 Å². The zero-order valence-electron chi connectivity index (χ0n) is 14.4. The van der Waals surface area contributed by atoms with Gasteiger partial charge in [-0.2, -0.15) is 5.10 Å². The maximum Gasteiger partial charge on any atom is 0.277 e. The van der Waals surface area contributed by atoms with Gasteiger partial charge in [0.05, 0.1) is 5.71 Å². The van der Waals surface area contributed by atoms with E-state index in [9.17, 15) is 4.79 Å². The van der Waals surface area contributed by atoms with Crippen LogP contribution in [0.2, 0.25) is 5.02 Å². The first kappa shape index (κ1) is 18.3. The lowest BCUT2D eigenvalue weighted by Crippen LogP contribution is -2.27. The molecule has 0 aromatic heterocycles. The number of halogens is 1. The Balaban J connectivity index is 1.90. The average Bonchev–Trinajstić information content (AvgIpc) is 2.55. The maximum atomic E-state index is 11.9. The minimum Gasteiger partial charge on any atom is -0.484 e. The molecule has 5 heteroatoms. The summed E-state index contributed by atoms with van der Waals surface area (Å²) in [6, 6.07) is 5.28. The lowest BCUT2D eigenvalue weighted by molar-refractivity contribution is -0.123. The molecule has 24 heavy (non-hydrogen) atoms. The van der Waals surface area contributed by atoms with Crippen LogP contribution in [0.15, 0.2) is 47.1 Å². The molecule has 2 rings (SSSR count). The fraction of sp³-hybridized carbons (Fsp3) is 0.368. The minimum atomic E-state index is -0.291. The molecular weight excluding hydrogens is 324 g/mol. The lowest BCUT2D eigenvalue weighted by atomic mass is 9.85. The number of carbonyl (C=O) groups excluding carboxylic acids is 1. The van der Waals surface area contributed by atoms with Crippen LogP contribution in [0.4, 0.5) is 0 Å². The first-order chi connectivity index (χ1) is 11.4. The fourth-order valence-electron chi connectivity index (χ4n) is 2.44. The number of hydrazone groups is 1. The molecule has 1 aromatic rings. The van der Waals surface area contributed by atoms with Gasteiger partial charge in [-0.25, -0.2) is 5.43 Å². The summed E-state index contributed by atoms with van der Waals surface area (Å²) < 4.78 is 5.46. The molecular formula is C19H23ClN2O2. The molecule has 1 N–H and O–H groups in total. The van der Waals surface area contributed by atoms with Gasteiger partial charge >= 0.3 is 0 Å². The second kappa shape index (κ2) is 8.15. The number of hydrogen-bond donors (Lipinski definition) is 1. The molecule has 0 heterocycles. The predicted octanol–water partition coefficient (Wildman–Crippen LogP) is 4.43. The predicted molar refractivity (Wildman–Crippen MR) is 98.6 cm³/mol. The summed E-state index contributed by atoms with van der Waals surface area (Å²) in [4.78, 5) is 11.9. The number of aryl methyl sites for hydroxylation is 1. The van der Waals surface area contributed by atoms with E-state index in [1.165, 1.54) is 0 Å². The average molecular weight is 347 g/mol. The minimum absolute atomic E-state index is 0.0927. The van der Waals surface area contributed by atoms with Gasteiger partial charge in [-0.05, 0) is 68.9 Å². The summed E-state index contributed by atoms with van der Waals surface area (Å²) >= 11 is 5.96. The van der Waals surface area contributed by atoms with Crippen molar-refractivity contribution in [1.29, 1.82) is 0 Å². The van der Waals surface area contributed by atoms with Gasteiger partial charge in [-0.1, -0.05) is 29.8 Å². The Morgan fingerprint density at radius 1 is 1.46 bits per heavy atom. The second-order valence-corrected chi connectivity index (χ2v) is 6.57. The molecule has 1 amide bonds. The third kappa shape index (κ3) is 4.96. The van der Waals surface area contributed by atoms with Gasteiger partial charge in [0.2, 0.25) is 0 Å². The summed E-state index contributed by atoms with van der Waals surface area (Å²) in [5.41, 5.74) is 6.60. The zero-order chi connectivity index (χ0) is 17.7. The van der Waals surface area contributed by atoms with Crippen LogP contribution in [0.1, 0.15) is 32.3 Å². The van der Waals surface area contributed by atoms with E-state index >= 15 is 0 Å². The zero-order valence-corrected chi connectivity index (χ0v) is 15.1. The molecule has 1 aliphatic rings. The maximum absolute atomic E-state index is 11.9. The molecule has 0 saturated heterocycles. The van der Waals surface area contributed by atoms with Crippen molar-refractivity contribution < 1.29 is 9.53 Å². The number of rotatable bonds is 5. The molecule has 1 aliphatic carbocycles. The van der Waals surface area contributed by atoms with Crippen LogP contribution in [-0.4, -0.2) is 18.2 Å². The van der Waals surface area contributed by atoms with Crippen LogP contribution < -0.4 is 10.2 Å². The Labute approximate surface area is 148 Å². The molecule has 128 valence electrons. The van der Waals surface area contributed by atoms with E-state index in [2.05, 4.69) is 23.2 Å². The third-order valence-corrected chi connectivity index (χ3v) is 4.54. The van der Waals surface area contributed by atoms with Gasteiger partial charge in [0.15, 0.2) is 6.61 Å². The SMILES string of the molecule is C=C(C)C1CC=C(C)/C(=N\NC(=O)COc2ccc(Cl)c(C)c2)C1. The highest BCUT2D eigenvalue weighted by molar-refractivity contribution is 6.31. The fourth-order valence-corrected chi connectivity index (χ4v) is 2.56. The number of ether oxygens (including phenoxy) is 1. The number of amides is 1. The number of nitrogens with one attached hydrogen (secondary N) is 1. The van der Waals surface area contributed by atoms with Crippen molar-refractivity contribution in [3.05, 3.63) is 52.6 Å². The molecule has 0 spiro atoms. The summed E-state index contributed by atoms with van der Waals surface area (Å²) in [6.07, 6.45) is 3.92. The van der Waals surface area contributed by atoms with Crippen molar-refractivity contribution in [2.75, 3.05) is 6.61 Å².